The van der Waals surface area contributed by atoms with Crippen LogP contribution in [0.2, 0.25) is 0 Å². The van der Waals surface area contributed by atoms with E-state index in [-0.39, 0.29) is 17.9 Å². The zero-order valence-corrected chi connectivity index (χ0v) is 17.0. The molecule has 1 amide bonds. The standard InChI is InChI=1S/C25H29NO3/c1-29-22-13-6-5-11-20(22)24-21-12-7-8-16-25(21,28)17-18-26(24)23(27)15-14-19-9-3-2-4-10-19/h2-6,9-11,13-15,21,24,28H,7-8,12,16-18H2,1H3/b15-14+/t21?,24-,25?/m0/s1. The second-order valence-corrected chi connectivity index (χ2v) is 8.17. The highest BCUT2D eigenvalue weighted by molar-refractivity contribution is 5.92. The van der Waals surface area contributed by atoms with Gasteiger partial charge in [0.05, 0.1) is 18.8 Å². The van der Waals surface area contributed by atoms with Gasteiger partial charge in [0, 0.05) is 24.1 Å². The fraction of sp³-hybridized carbons (Fsp3) is 0.400. The molecule has 2 aliphatic rings. The van der Waals surface area contributed by atoms with E-state index in [1.807, 2.05) is 65.6 Å². The molecular formula is C25H29NO3. The van der Waals surface area contributed by atoms with Gasteiger partial charge in [-0.2, -0.15) is 0 Å². The smallest absolute Gasteiger partial charge is 0.247 e. The van der Waals surface area contributed by atoms with Crippen LogP contribution in [0.15, 0.2) is 60.7 Å². The first kappa shape index (κ1) is 19.7. The van der Waals surface area contributed by atoms with Gasteiger partial charge < -0.3 is 14.7 Å². The van der Waals surface area contributed by atoms with Crippen molar-refractivity contribution in [2.75, 3.05) is 13.7 Å². The molecule has 1 aliphatic carbocycles. The van der Waals surface area contributed by atoms with Crippen molar-refractivity contribution >= 4 is 12.0 Å². The molecule has 1 saturated heterocycles. The number of benzene rings is 2. The summed E-state index contributed by atoms with van der Waals surface area (Å²) in [4.78, 5) is 15.2. The van der Waals surface area contributed by atoms with Gasteiger partial charge in [-0.1, -0.05) is 61.4 Å². The lowest BCUT2D eigenvalue weighted by molar-refractivity contribution is -0.151. The van der Waals surface area contributed by atoms with Crippen molar-refractivity contribution in [3.8, 4) is 5.75 Å². The lowest BCUT2D eigenvalue weighted by atomic mass is 9.66. The summed E-state index contributed by atoms with van der Waals surface area (Å²) in [5.41, 5.74) is 1.28. The maximum atomic E-state index is 13.3. The van der Waals surface area contributed by atoms with Gasteiger partial charge in [0.15, 0.2) is 0 Å². The average molecular weight is 392 g/mol. The van der Waals surface area contributed by atoms with Gasteiger partial charge in [-0.3, -0.25) is 4.79 Å². The molecule has 29 heavy (non-hydrogen) atoms. The number of methoxy groups -OCH3 is 1. The molecule has 1 heterocycles. The fourth-order valence-electron chi connectivity index (χ4n) is 5.05. The fourth-order valence-corrected chi connectivity index (χ4v) is 5.05. The molecule has 0 spiro atoms. The summed E-state index contributed by atoms with van der Waals surface area (Å²) in [6.07, 6.45) is 8.02. The van der Waals surface area contributed by atoms with Gasteiger partial charge in [-0.05, 0) is 37.0 Å². The molecule has 1 aliphatic heterocycles. The summed E-state index contributed by atoms with van der Waals surface area (Å²) in [5, 5.41) is 11.4. The van der Waals surface area contributed by atoms with E-state index in [0.717, 1.165) is 42.6 Å². The number of nitrogens with zero attached hydrogens (tertiary/aromatic N) is 1. The largest absolute Gasteiger partial charge is 0.496 e. The molecule has 4 rings (SSSR count). The van der Waals surface area contributed by atoms with Crippen molar-refractivity contribution in [3.63, 3.8) is 0 Å². The van der Waals surface area contributed by atoms with Gasteiger partial charge >= 0.3 is 0 Å². The molecular weight excluding hydrogens is 362 g/mol. The maximum Gasteiger partial charge on any atom is 0.247 e. The second-order valence-electron chi connectivity index (χ2n) is 8.17. The Bertz CT molecular complexity index is 879. The number of hydrogen-bond acceptors (Lipinski definition) is 3. The second kappa shape index (κ2) is 8.42. The van der Waals surface area contributed by atoms with Crippen LogP contribution in [0.5, 0.6) is 5.75 Å². The Hall–Kier alpha value is -2.59. The first-order valence-corrected chi connectivity index (χ1v) is 10.5. The molecule has 2 unspecified atom stereocenters. The van der Waals surface area contributed by atoms with Crippen LogP contribution in [0.1, 0.15) is 49.3 Å². The number of rotatable bonds is 4. The van der Waals surface area contributed by atoms with Crippen LogP contribution < -0.4 is 4.74 Å². The number of piperidine rings is 1. The van der Waals surface area contributed by atoms with Crippen LogP contribution in [0.3, 0.4) is 0 Å². The zero-order valence-electron chi connectivity index (χ0n) is 17.0. The van der Waals surface area contributed by atoms with E-state index in [4.69, 9.17) is 4.74 Å². The Labute approximate surface area is 172 Å². The van der Waals surface area contributed by atoms with Crippen molar-refractivity contribution in [3.05, 3.63) is 71.8 Å². The minimum absolute atomic E-state index is 0.0163. The van der Waals surface area contributed by atoms with Crippen LogP contribution in [-0.2, 0) is 4.79 Å². The molecule has 2 fully saturated rings. The third kappa shape index (κ3) is 3.95. The molecule has 4 heteroatoms. The van der Waals surface area contributed by atoms with Crippen molar-refractivity contribution in [2.24, 2.45) is 5.92 Å². The minimum atomic E-state index is -0.705. The lowest BCUT2D eigenvalue weighted by Crippen LogP contribution is -2.56. The van der Waals surface area contributed by atoms with Crippen LogP contribution in [0.25, 0.3) is 6.08 Å². The van der Waals surface area contributed by atoms with E-state index in [9.17, 15) is 9.90 Å². The Morgan fingerprint density at radius 3 is 2.66 bits per heavy atom. The van der Waals surface area contributed by atoms with Crippen molar-refractivity contribution in [2.45, 2.75) is 43.7 Å². The number of hydrogen-bond donors (Lipinski definition) is 1. The average Bonchev–Trinajstić information content (AvgIpc) is 2.77. The minimum Gasteiger partial charge on any atom is -0.496 e. The van der Waals surface area contributed by atoms with E-state index in [1.54, 1.807) is 13.2 Å². The van der Waals surface area contributed by atoms with Gasteiger partial charge in [-0.25, -0.2) is 0 Å². The number of likely N-dealkylation sites (tertiary alicyclic amines) is 1. The number of para-hydroxylation sites is 1. The number of aliphatic hydroxyl groups is 1. The first-order valence-electron chi connectivity index (χ1n) is 10.5. The van der Waals surface area contributed by atoms with Crippen molar-refractivity contribution in [1.82, 2.24) is 4.90 Å². The summed E-state index contributed by atoms with van der Waals surface area (Å²) < 4.78 is 5.63. The molecule has 0 bridgehead atoms. The molecule has 0 radical (unpaired) electrons. The Morgan fingerprint density at radius 2 is 1.86 bits per heavy atom. The number of ether oxygens (including phenoxy) is 1. The van der Waals surface area contributed by atoms with Gasteiger partial charge in [0.1, 0.15) is 5.75 Å². The van der Waals surface area contributed by atoms with E-state index in [2.05, 4.69) is 0 Å². The maximum absolute atomic E-state index is 13.3. The molecule has 2 aromatic carbocycles. The van der Waals surface area contributed by atoms with E-state index in [0.29, 0.717) is 13.0 Å². The molecule has 0 aromatic heterocycles. The summed E-state index contributed by atoms with van der Waals surface area (Å²) in [5.74, 6) is 0.782. The Morgan fingerprint density at radius 1 is 1.10 bits per heavy atom. The molecule has 4 nitrogen and oxygen atoms in total. The highest BCUT2D eigenvalue weighted by Gasteiger charge is 2.50. The number of carbonyl (C=O) groups excluding carboxylic acids is 1. The lowest BCUT2D eigenvalue weighted by Gasteiger charge is -2.52. The number of amides is 1. The topological polar surface area (TPSA) is 49.8 Å². The van der Waals surface area contributed by atoms with E-state index in [1.165, 1.54) is 0 Å². The SMILES string of the molecule is COc1ccccc1[C@H]1C2CCCCC2(O)CCN1C(=O)/C=C/c1ccccc1. The van der Waals surface area contributed by atoms with Crippen LogP contribution in [0, 0.1) is 5.92 Å². The van der Waals surface area contributed by atoms with E-state index < -0.39 is 5.60 Å². The van der Waals surface area contributed by atoms with Crippen LogP contribution in [-0.4, -0.2) is 35.2 Å². The van der Waals surface area contributed by atoms with Crippen LogP contribution >= 0.6 is 0 Å². The first-order chi connectivity index (χ1) is 14.1. The zero-order chi connectivity index (χ0) is 20.3. The number of fused-ring (bicyclic) bond motifs is 1. The van der Waals surface area contributed by atoms with E-state index >= 15 is 0 Å². The summed E-state index contributed by atoms with van der Waals surface area (Å²) in [6, 6.07) is 17.6. The highest BCUT2D eigenvalue weighted by Crippen LogP contribution is 2.50. The molecule has 1 N–H and O–H groups in total. The van der Waals surface area contributed by atoms with Gasteiger partial charge in [0.25, 0.3) is 0 Å². The molecule has 3 atom stereocenters. The monoisotopic (exact) mass is 391 g/mol. The normalized spacial score (nSPS) is 26.9. The third-order valence-electron chi connectivity index (χ3n) is 6.53. The van der Waals surface area contributed by atoms with Gasteiger partial charge in [0.2, 0.25) is 5.91 Å². The Balaban J connectivity index is 1.69. The highest BCUT2D eigenvalue weighted by atomic mass is 16.5. The van der Waals surface area contributed by atoms with Crippen molar-refractivity contribution in [1.29, 1.82) is 0 Å². The summed E-state index contributed by atoms with van der Waals surface area (Å²) in [6.45, 7) is 0.549. The molecule has 2 aromatic rings. The quantitative estimate of drug-likeness (QED) is 0.775. The number of carbonyl (C=O) groups is 1. The predicted octanol–water partition coefficient (Wildman–Crippen LogP) is 4.60. The van der Waals surface area contributed by atoms with Gasteiger partial charge in [-0.15, -0.1) is 0 Å². The third-order valence-corrected chi connectivity index (χ3v) is 6.53. The molecule has 152 valence electrons. The van der Waals surface area contributed by atoms with Crippen LogP contribution in [0.4, 0.5) is 0 Å². The Kier molecular flexibility index (Phi) is 5.72. The summed E-state index contributed by atoms with van der Waals surface area (Å²) >= 11 is 0. The predicted molar refractivity (Wildman–Crippen MR) is 114 cm³/mol. The molecule has 1 saturated carbocycles. The summed E-state index contributed by atoms with van der Waals surface area (Å²) in [7, 11) is 1.66. The van der Waals surface area contributed by atoms with Crippen molar-refractivity contribution < 1.29 is 14.6 Å².